The van der Waals surface area contributed by atoms with Gasteiger partial charge in [0.05, 0.1) is 5.56 Å². The lowest BCUT2D eigenvalue weighted by atomic mass is 9.97. The van der Waals surface area contributed by atoms with Crippen LogP contribution in [-0.4, -0.2) is 0 Å². The highest BCUT2D eigenvalue weighted by atomic mass is 19.1. The van der Waals surface area contributed by atoms with Crippen LogP contribution < -0.4 is 0 Å². The van der Waals surface area contributed by atoms with E-state index >= 15 is 0 Å². The minimum atomic E-state index is -0.527. The molecule has 0 fully saturated rings. The summed E-state index contributed by atoms with van der Waals surface area (Å²) in [7, 11) is 0. The topological polar surface area (TPSA) is 0 Å². The molecular weight excluding hydrogens is 326 g/mol. The van der Waals surface area contributed by atoms with Crippen LogP contribution in [0.25, 0.3) is 22.3 Å². The first-order valence-corrected chi connectivity index (χ1v) is 9.30. The molecule has 0 nitrogen and oxygen atoms in total. The van der Waals surface area contributed by atoms with E-state index in [0.29, 0.717) is 11.1 Å². The number of halogens is 2. The summed E-state index contributed by atoms with van der Waals surface area (Å²) in [6.07, 6.45) is 4.11. The van der Waals surface area contributed by atoms with Crippen molar-refractivity contribution in [3.63, 3.8) is 0 Å². The van der Waals surface area contributed by atoms with Gasteiger partial charge in [0.1, 0.15) is 11.6 Å². The Labute approximate surface area is 154 Å². The van der Waals surface area contributed by atoms with Crippen molar-refractivity contribution in [1.82, 2.24) is 0 Å². The molecule has 0 bridgehead atoms. The van der Waals surface area contributed by atoms with Crippen molar-refractivity contribution in [2.75, 3.05) is 0 Å². The molecule has 0 heterocycles. The van der Waals surface area contributed by atoms with Gasteiger partial charge in [-0.05, 0) is 52.8 Å². The molecule has 3 aromatic rings. The lowest BCUT2D eigenvalue weighted by Crippen LogP contribution is -1.93. The Kier molecular flexibility index (Phi) is 5.82. The van der Waals surface area contributed by atoms with E-state index in [4.69, 9.17) is 0 Å². The average Bonchev–Trinajstić information content (AvgIpc) is 2.64. The van der Waals surface area contributed by atoms with Gasteiger partial charge in [-0.15, -0.1) is 0 Å². The van der Waals surface area contributed by atoms with Gasteiger partial charge in [-0.2, -0.15) is 0 Å². The fourth-order valence-electron chi connectivity index (χ4n) is 3.29. The Morgan fingerprint density at radius 3 is 1.42 bits per heavy atom. The Morgan fingerprint density at radius 1 is 0.577 bits per heavy atom. The molecule has 0 aliphatic carbocycles. The zero-order valence-electron chi connectivity index (χ0n) is 15.4. The number of hydrogen-bond donors (Lipinski definition) is 0. The van der Waals surface area contributed by atoms with Gasteiger partial charge in [0.15, 0.2) is 0 Å². The van der Waals surface area contributed by atoms with Crippen LogP contribution in [0.1, 0.15) is 37.8 Å². The Balaban J connectivity index is 1.92. The maximum absolute atomic E-state index is 14.7. The smallest absolute Gasteiger partial charge is 0.134 e. The second-order valence-corrected chi connectivity index (χ2v) is 6.71. The summed E-state index contributed by atoms with van der Waals surface area (Å²) in [6, 6.07) is 18.2. The maximum atomic E-state index is 14.7. The van der Waals surface area contributed by atoms with Gasteiger partial charge in [-0.1, -0.05) is 75.2 Å². The van der Waals surface area contributed by atoms with Crippen molar-refractivity contribution in [2.24, 2.45) is 0 Å². The number of hydrogen-bond acceptors (Lipinski definition) is 0. The van der Waals surface area contributed by atoms with Crippen molar-refractivity contribution in [1.29, 1.82) is 0 Å². The van der Waals surface area contributed by atoms with Crippen molar-refractivity contribution in [2.45, 2.75) is 39.5 Å². The average molecular weight is 350 g/mol. The highest BCUT2D eigenvalue weighted by Crippen LogP contribution is 2.31. The van der Waals surface area contributed by atoms with Gasteiger partial charge < -0.3 is 0 Å². The van der Waals surface area contributed by atoms with E-state index in [1.807, 2.05) is 36.4 Å². The first-order valence-electron chi connectivity index (χ1n) is 9.30. The summed E-state index contributed by atoms with van der Waals surface area (Å²) in [5, 5.41) is 0. The summed E-state index contributed by atoms with van der Waals surface area (Å²) in [4.78, 5) is 0. The molecule has 0 aliphatic rings. The van der Waals surface area contributed by atoms with Crippen LogP contribution in [0, 0.1) is 11.6 Å². The van der Waals surface area contributed by atoms with Crippen LogP contribution in [0.5, 0.6) is 0 Å². The molecule has 3 rings (SSSR count). The largest absolute Gasteiger partial charge is 0.206 e. The van der Waals surface area contributed by atoms with Crippen molar-refractivity contribution < 1.29 is 8.78 Å². The second-order valence-electron chi connectivity index (χ2n) is 6.71. The third-order valence-electron chi connectivity index (χ3n) is 4.65. The molecule has 0 spiro atoms. The van der Waals surface area contributed by atoms with Gasteiger partial charge in [-0.25, -0.2) is 8.78 Å². The van der Waals surface area contributed by atoms with E-state index in [1.54, 1.807) is 12.1 Å². The quantitative estimate of drug-likeness (QED) is 0.441. The molecule has 26 heavy (non-hydrogen) atoms. The minimum Gasteiger partial charge on any atom is -0.206 e. The van der Waals surface area contributed by atoms with Crippen LogP contribution in [-0.2, 0) is 12.8 Å². The van der Waals surface area contributed by atoms with Crippen LogP contribution in [0.15, 0.2) is 60.7 Å². The molecule has 2 heteroatoms. The first-order chi connectivity index (χ1) is 12.6. The molecule has 0 aromatic heterocycles. The normalized spacial score (nSPS) is 10.9. The summed E-state index contributed by atoms with van der Waals surface area (Å²) in [5.74, 6) is -1.05. The fraction of sp³-hybridized carbons (Fsp3) is 0.250. The molecule has 0 saturated heterocycles. The molecule has 3 aromatic carbocycles. The highest BCUT2D eigenvalue weighted by Gasteiger charge is 2.14. The molecule has 0 amide bonds. The zero-order valence-corrected chi connectivity index (χ0v) is 15.4. The van der Waals surface area contributed by atoms with Gasteiger partial charge >= 0.3 is 0 Å². The summed E-state index contributed by atoms with van der Waals surface area (Å²) in [6.45, 7) is 4.24. The van der Waals surface area contributed by atoms with Gasteiger partial charge in [0.25, 0.3) is 0 Å². The molecular formula is C24H24F2. The van der Waals surface area contributed by atoms with E-state index in [-0.39, 0.29) is 5.56 Å². The number of benzene rings is 3. The van der Waals surface area contributed by atoms with E-state index in [0.717, 1.165) is 31.2 Å². The number of rotatable bonds is 6. The maximum Gasteiger partial charge on any atom is 0.134 e. The molecule has 0 unspecified atom stereocenters. The van der Waals surface area contributed by atoms with Crippen LogP contribution in [0.2, 0.25) is 0 Å². The minimum absolute atomic E-state index is 0.0411. The van der Waals surface area contributed by atoms with Gasteiger partial charge in [0, 0.05) is 0 Å². The Bertz CT molecular complexity index is 839. The van der Waals surface area contributed by atoms with Crippen molar-refractivity contribution in [3.05, 3.63) is 83.4 Å². The predicted octanol–water partition coefficient (Wildman–Crippen LogP) is 7.20. The van der Waals surface area contributed by atoms with E-state index in [9.17, 15) is 8.78 Å². The first kappa shape index (κ1) is 18.3. The Morgan fingerprint density at radius 2 is 1.00 bits per heavy atom. The standard InChI is InChI=1S/C24H24F2/c1-3-5-17-7-11-19(12-8-17)21-15-22(25)24(23(26)16-21)20-13-9-18(6-4-2)10-14-20/h7-16H,3-6H2,1-2H3. The lowest BCUT2D eigenvalue weighted by Gasteiger charge is -2.10. The molecule has 0 atom stereocenters. The fourth-order valence-corrected chi connectivity index (χ4v) is 3.29. The SMILES string of the molecule is CCCc1ccc(-c2cc(F)c(-c3ccc(CCC)cc3)c(F)c2)cc1. The molecule has 0 radical (unpaired) electrons. The summed E-state index contributed by atoms with van der Waals surface area (Å²) < 4.78 is 29.4. The van der Waals surface area contributed by atoms with E-state index in [2.05, 4.69) is 13.8 Å². The van der Waals surface area contributed by atoms with Crippen LogP contribution in [0.4, 0.5) is 8.78 Å². The van der Waals surface area contributed by atoms with Crippen LogP contribution in [0.3, 0.4) is 0 Å². The van der Waals surface area contributed by atoms with Gasteiger partial charge in [-0.3, -0.25) is 0 Å². The third kappa shape index (κ3) is 4.01. The molecule has 0 aliphatic heterocycles. The summed E-state index contributed by atoms with van der Waals surface area (Å²) >= 11 is 0. The molecule has 0 N–H and O–H groups in total. The van der Waals surface area contributed by atoms with Gasteiger partial charge in [0.2, 0.25) is 0 Å². The van der Waals surface area contributed by atoms with E-state index < -0.39 is 11.6 Å². The highest BCUT2D eigenvalue weighted by molar-refractivity contribution is 5.72. The van der Waals surface area contributed by atoms with Crippen molar-refractivity contribution in [3.8, 4) is 22.3 Å². The third-order valence-corrected chi connectivity index (χ3v) is 4.65. The monoisotopic (exact) mass is 350 g/mol. The van der Waals surface area contributed by atoms with Crippen LogP contribution >= 0.6 is 0 Å². The zero-order chi connectivity index (χ0) is 18.5. The van der Waals surface area contributed by atoms with Crippen molar-refractivity contribution >= 4 is 0 Å². The second kappa shape index (κ2) is 8.27. The molecule has 0 saturated carbocycles. The number of aryl methyl sites for hydroxylation is 2. The summed E-state index contributed by atoms with van der Waals surface area (Å²) in [5.41, 5.74) is 4.42. The Hall–Kier alpha value is -2.48. The van der Waals surface area contributed by atoms with E-state index in [1.165, 1.54) is 23.3 Å². The predicted molar refractivity (Wildman–Crippen MR) is 105 cm³/mol. The molecule has 134 valence electrons. The lowest BCUT2D eigenvalue weighted by molar-refractivity contribution is 0.590.